The molecule has 234 valence electrons. The second-order valence-electron chi connectivity index (χ2n) is 13.9. The number of aliphatic hydroxyl groups is 2. The maximum Gasteiger partial charge on any atom is 0.333 e. The Morgan fingerprint density at radius 3 is 2.33 bits per heavy atom. The summed E-state index contributed by atoms with van der Waals surface area (Å²) in [5, 5.41) is 23.1. The van der Waals surface area contributed by atoms with Crippen LogP contribution in [-0.2, 0) is 23.9 Å². The first-order valence-corrected chi connectivity index (χ1v) is 16.1. The van der Waals surface area contributed by atoms with Crippen LogP contribution in [0, 0.1) is 35.0 Å². The zero-order valence-corrected chi connectivity index (χ0v) is 26.7. The number of carbonyl (C=O) groups excluding carboxylic acids is 3. The molecule has 0 spiro atoms. The van der Waals surface area contributed by atoms with Gasteiger partial charge in [-0.1, -0.05) is 84.4 Å². The first-order valence-electron chi connectivity index (χ1n) is 16.1. The van der Waals surface area contributed by atoms with Crippen LogP contribution in [0.15, 0.2) is 34.9 Å². The summed E-state index contributed by atoms with van der Waals surface area (Å²) in [6, 6.07) is 0. The SMILES string of the molecule is CC=C(C)C(=O)OC1C(C)C2(O)C3C=C(C)C(=O)C3CC(CO)=CC2C2C(C)(C)C12OC(=O)CCCCCCCCC. The van der Waals surface area contributed by atoms with Gasteiger partial charge in [0.2, 0.25) is 0 Å². The lowest BCUT2D eigenvalue weighted by Crippen LogP contribution is -2.63. The van der Waals surface area contributed by atoms with E-state index in [1.54, 1.807) is 26.8 Å². The molecule has 7 heteroatoms. The van der Waals surface area contributed by atoms with Crippen LogP contribution in [0.1, 0.15) is 106 Å². The summed E-state index contributed by atoms with van der Waals surface area (Å²) in [5.41, 5.74) is -1.46. The van der Waals surface area contributed by atoms with Crippen molar-refractivity contribution in [1.29, 1.82) is 0 Å². The van der Waals surface area contributed by atoms with Crippen molar-refractivity contribution in [1.82, 2.24) is 0 Å². The van der Waals surface area contributed by atoms with E-state index in [9.17, 15) is 24.6 Å². The van der Waals surface area contributed by atoms with Crippen LogP contribution in [0.5, 0.6) is 0 Å². The molecule has 0 aliphatic heterocycles. The van der Waals surface area contributed by atoms with Crippen molar-refractivity contribution in [2.24, 2.45) is 35.0 Å². The number of ketones is 1. The van der Waals surface area contributed by atoms with Gasteiger partial charge < -0.3 is 19.7 Å². The van der Waals surface area contributed by atoms with Gasteiger partial charge in [-0.2, -0.15) is 0 Å². The van der Waals surface area contributed by atoms with Crippen molar-refractivity contribution in [2.75, 3.05) is 6.61 Å². The molecule has 2 saturated carbocycles. The van der Waals surface area contributed by atoms with E-state index in [2.05, 4.69) is 6.92 Å². The van der Waals surface area contributed by atoms with E-state index in [4.69, 9.17) is 9.47 Å². The first kappa shape index (κ1) is 32.7. The van der Waals surface area contributed by atoms with Crippen molar-refractivity contribution in [2.45, 2.75) is 124 Å². The lowest BCUT2D eigenvalue weighted by molar-refractivity contribution is -0.219. The number of fused-ring (bicyclic) bond motifs is 5. The molecule has 42 heavy (non-hydrogen) atoms. The maximum absolute atomic E-state index is 13.4. The summed E-state index contributed by atoms with van der Waals surface area (Å²) in [7, 11) is 0. The normalized spacial score (nSPS) is 36.6. The molecule has 4 aliphatic rings. The molecule has 0 saturated heterocycles. The first-order chi connectivity index (χ1) is 19.8. The Morgan fingerprint density at radius 1 is 1.07 bits per heavy atom. The van der Waals surface area contributed by atoms with Crippen LogP contribution in [-0.4, -0.2) is 51.8 Å². The molecule has 2 N–H and O–H groups in total. The molecule has 0 radical (unpaired) electrons. The number of ether oxygens (including phenoxy) is 2. The predicted octanol–water partition coefficient (Wildman–Crippen LogP) is 6.02. The monoisotopic (exact) mass is 584 g/mol. The van der Waals surface area contributed by atoms with Gasteiger partial charge in [-0.05, 0) is 44.8 Å². The summed E-state index contributed by atoms with van der Waals surface area (Å²) in [4.78, 5) is 39.9. The molecular formula is C35H52O7. The van der Waals surface area contributed by atoms with Gasteiger partial charge in [0, 0.05) is 47.0 Å². The quantitative estimate of drug-likeness (QED) is 0.125. The van der Waals surface area contributed by atoms with Gasteiger partial charge in [0.1, 0.15) is 6.10 Å². The second kappa shape index (κ2) is 12.4. The van der Waals surface area contributed by atoms with Gasteiger partial charge in [0.15, 0.2) is 11.4 Å². The largest absolute Gasteiger partial charge is 0.454 e. The smallest absolute Gasteiger partial charge is 0.333 e. The van der Waals surface area contributed by atoms with Gasteiger partial charge >= 0.3 is 11.9 Å². The number of hydrogen-bond donors (Lipinski definition) is 2. The number of rotatable bonds is 12. The van der Waals surface area contributed by atoms with Crippen molar-refractivity contribution in [3.05, 3.63) is 34.9 Å². The molecule has 0 aromatic heterocycles. The molecule has 2 fully saturated rings. The second-order valence-corrected chi connectivity index (χ2v) is 13.9. The predicted molar refractivity (Wildman–Crippen MR) is 161 cm³/mol. The summed E-state index contributed by atoms with van der Waals surface area (Å²) < 4.78 is 12.7. The van der Waals surface area contributed by atoms with Crippen LogP contribution in [0.25, 0.3) is 0 Å². The Morgan fingerprint density at radius 2 is 1.71 bits per heavy atom. The van der Waals surface area contributed by atoms with Crippen molar-refractivity contribution in [3.8, 4) is 0 Å². The number of Topliss-reactive ketones (excluding diaryl/α,β-unsaturated/α-hetero) is 1. The Labute approximate surface area is 251 Å². The number of hydrogen-bond acceptors (Lipinski definition) is 7. The van der Waals surface area contributed by atoms with Gasteiger partial charge in [0.25, 0.3) is 0 Å². The summed E-state index contributed by atoms with van der Waals surface area (Å²) in [6.07, 6.45) is 12.8. The number of carbonyl (C=O) groups is 3. The minimum Gasteiger partial charge on any atom is -0.454 e. The summed E-state index contributed by atoms with van der Waals surface area (Å²) in [5.74, 6) is -3.37. The minimum atomic E-state index is -1.45. The fourth-order valence-electron chi connectivity index (χ4n) is 8.55. The van der Waals surface area contributed by atoms with E-state index >= 15 is 0 Å². The molecule has 4 aliphatic carbocycles. The van der Waals surface area contributed by atoms with E-state index in [0.717, 1.165) is 19.3 Å². The standard InChI is InChI=1S/C35H52O7/c1-8-10-11-12-13-14-15-16-28(37)42-35-30(33(35,6)7)27-19-24(20-36)18-25-26(17-22(4)29(25)38)34(27,40)23(5)31(35)41-32(39)21(3)9-2/h9,17,19,23,25-27,30-31,36,40H,8,10-16,18,20H2,1-7H3. The van der Waals surface area contributed by atoms with Gasteiger partial charge in [-0.15, -0.1) is 0 Å². The number of esters is 2. The Kier molecular flexibility index (Phi) is 9.64. The number of unbranched alkanes of at least 4 members (excludes halogenated alkanes) is 6. The summed E-state index contributed by atoms with van der Waals surface area (Å²) in [6.45, 7) is 13.1. The zero-order valence-electron chi connectivity index (χ0n) is 26.7. The third-order valence-corrected chi connectivity index (χ3v) is 11.1. The fourth-order valence-corrected chi connectivity index (χ4v) is 8.55. The highest BCUT2D eigenvalue weighted by molar-refractivity contribution is 6.00. The summed E-state index contributed by atoms with van der Waals surface area (Å²) >= 11 is 0. The molecular weight excluding hydrogens is 532 g/mol. The minimum absolute atomic E-state index is 0.0213. The van der Waals surface area contributed by atoms with Gasteiger partial charge in [-0.25, -0.2) is 4.79 Å². The maximum atomic E-state index is 13.4. The van der Waals surface area contributed by atoms with Crippen LogP contribution in [0.4, 0.5) is 0 Å². The average Bonchev–Trinajstić information content (AvgIpc) is 3.35. The molecule has 0 aromatic rings. The number of allylic oxidation sites excluding steroid dienone is 2. The molecule has 0 bridgehead atoms. The zero-order chi connectivity index (χ0) is 31.0. The third kappa shape index (κ3) is 5.23. The molecule has 8 unspecified atom stereocenters. The highest BCUT2D eigenvalue weighted by atomic mass is 16.6. The van der Waals surface area contributed by atoms with E-state index < -0.39 is 52.4 Å². The van der Waals surface area contributed by atoms with Crippen LogP contribution >= 0.6 is 0 Å². The molecule has 0 aromatic carbocycles. The van der Waals surface area contributed by atoms with Crippen molar-refractivity contribution >= 4 is 17.7 Å². The van der Waals surface area contributed by atoms with Crippen LogP contribution < -0.4 is 0 Å². The van der Waals surface area contributed by atoms with E-state index in [1.165, 1.54) is 25.7 Å². The number of aliphatic hydroxyl groups excluding tert-OH is 1. The third-order valence-electron chi connectivity index (χ3n) is 11.1. The average molecular weight is 585 g/mol. The molecule has 0 heterocycles. The highest BCUT2D eigenvalue weighted by Crippen LogP contribution is 2.77. The molecule has 7 nitrogen and oxygen atoms in total. The molecule has 0 amide bonds. The Balaban J connectivity index is 1.70. The van der Waals surface area contributed by atoms with E-state index in [-0.39, 0.29) is 30.7 Å². The lowest BCUT2D eigenvalue weighted by Gasteiger charge is -2.52. The van der Waals surface area contributed by atoms with E-state index in [1.807, 2.05) is 32.9 Å². The van der Waals surface area contributed by atoms with Gasteiger partial charge in [0.05, 0.1) is 12.2 Å². The van der Waals surface area contributed by atoms with Crippen molar-refractivity contribution in [3.63, 3.8) is 0 Å². The lowest BCUT2D eigenvalue weighted by atomic mass is 9.59. The highest BCUT2D eigenvalue weighted by Gasteiger charge is 2.87. The molecule has 8 atom stereocenters. The van der Waals surface area contributed by atoms with Crippen molar-refractivity contribution < 1.29 is 34.1 Å². The Hall–Kier alpha value is -2.25. The van der Waals surface area contributed by atoms with Crippen LogP contribution in [0.3, 0.4) is 0 Å². The topological polar surface area (TPSA) is 110 Å². The molecule has 4 rings (SSSR count). The van der Waals surface area contributed by atoms with Gasteiger partial charge in [-0.3, -0.25) is 9.59 Å². The van der Waals surface area contributed by atoms with E-state index in [0.29, 0.717) is 23.1 Å². The Bertz CT molecular complexity index is 1160. The van der Waals surface area contributed by atoms with Crippen LogP contribution in [0.2, 0.25) is 0 Å². The fraction of sp³-hybridized carbons (Fsp3) is 0.743.